The van der Waals surface area contributed by atoms with Crippen molar-refractivity contribution in [3.8, 4) is 0 Å². The average Bonchev–Trinajstić information content (AvgIpc) is 1.61. The van der Waals surface area contributed by atoms with Crippen LogP contribution in [0.15, 0.2) is 0 Å². The highest BCUT2D eigenvalue weighted by Gasteiger charge is 2.02. The van der Waals surface area contributed by atoms with E-state index >= 15 is 0 Å². The number of aliphatic hydroxyl groups is 1. The van der Waals surface area contributed by atoms with E-state index in [1.54, 1.807) is 0 Å². The lowest BCUT2D eigenvalue weighted by molar-refractivity contribution is -0.138. The van der Waals surface area contributed by atoms with E-state index in [1.807, 2.05) is 0 Å². The minimum Gasteiger partial charge on any atom is -0.481 e. The fraction of sp³-hybridized carbons (Fsp3) is 0.750. The van der Waals surface area contributed by atoms with Gasteiger partial charge in [0.2, 0.25) is 0 Å². The molecule has 0 saturated heterocycles. The molecular formula is C4H7FO3. The predicted octanol–water partition coefficient (Wildman–Crippen LogP) is 0.139. The van der Waals surface area contributed by atoms with Crippen molar-refractivity contribution in [3.05, 3.63) is 0 Å². The number of alkyl halides is 1. The second kappa shape index (κ2) is 3.37. The van der Waals surface area contributed by atoms with Crippen molar-refractivity contribution < 1.29 is 19.4 Å². The van der Waals surface area contributed by atoms with Gasteiger partial charge in [-0.3, -0.25) is 4.79 Å². The minimum absolute atomic E-state index is 0.322. The van der Waals surface area contributed by atoms with E-state index < -0.39 is 12.3 Å². The molecule has 0 rings (SSSR count). The van der Waals surface area contributed by atoms with Gasteiger partial charge in [0.05, 0.1) is 6.42 Å². The van der Waals surface area contributed by atoms with Crippen LogP contribution < -0.4 is 0 Å². The van der Waals surface area contributed by atoms with Gasteiger partial charge in [0.1, 0.15) is 0 Å². The van der Waals surface area contributed by atoms with Crippen LogP contribution in [0.25, 0.3) is 0 Å². The van der Waals surface area contributed by atoms with E-state index in [0.29, 0.717) is 0 Å². The number of aliphatic hydroxyl groups excluding tert-OH is 1. The lowest BCUT2D eigenvalue weighted by atomic mass is 10.3. The van der Waals surface area contributed by atoms with Crippen molar-refractivity contribution in [1.82, 2.24) is 0 Å². The first-order valence-corrected chi connectivity index (χ1v) is 2.17. The zero-order valence-electron chi connectivity index (χ0n) is 4.17. The van der Waals surface area contributed by atoms with E-state index in [-0.39, 0.29) is 12.8 Å². The van der Waals surface area contributed by atoms with Crippen LogP contribution in [0.4, 0.5) is 4.39 Å². The van der Waals surface area contributed by atoms with Gasteiger partial charge < -0.3 is 10.2 Å². The molecule has 0 fully saturated rings. The van der Waals surface area contributed by atoms with Gasteiger partial charge in [-0.1, -0.05) is 0 Å². The fourth-order valence-corrected chi connectivity index (χ4v) is 0.243. The molecule has 0 aliphatic heterocycles. The summed E-state index contributed by atoms with van der Waals surface area (Å²) >= 11 is 0. The van der Waals surface area contributed by atoms with Crippen molar-refractivity contribution in [2.24, 2.45) is 0 Å². The third-order valence-corrected chi connectivity index (χ3v) is 0.596. The number of carboxylic acids is 1. The number of hydrogen-bond acceptors (Lipinski definition) is 2. The van der Waals surface area contributed by atoms with E-state index in [0.717, 1.165) is 0 Å². The second-order valence-electron chi connectivity index (χ2n) is 1.37. The normalized spacial score (nSPS) is 13.2. The summed E-state index contributed by atoms with van der Waals surface area (Å²) in [5.74, 6) is -1.10. The van der Waals surface area contributed by atoms with Crippen molar-refractivity contribution in [3.63, 3.8) is 0 Å². The summed E-state index contributed by atoms with van der Waals surface area (Å²) in [6.07, 6.45) is -2.64. The van der Waals surface area contributed by atoms with Gasteiger partial charge in [-0.05, 0) is 0 Å². The topological polar surface area (TPSA) is 57.5 Å². The van der Waals surface area contributed by atoms with Crippen LogP contribution in [0.3, 0.4) is 0 Å². The Balaban J connectivity index is 3.05. The van der Waals surface area contributed by atoms with Gasteiger partial charge >= 0.3 is 5.97 Å². The highest BCUT2D eigenvalue weighted by molar-refractivity contribution is 5.66. The van der Waals surface area contributed by atoms with Crippen LogP contribution >= 0.6 is 0 Å². The van der Waals surface area contributed by atoms with E-state index in [2.05, 4.69) is 0 Å². The minimum atomic E-state index is -1.99. The molecule has 0 amide bonds. The Morgan fingerprint density at radius 2 is 2.25 bits per heavy atom. The number of carbonyl (C=O) groups is 1. The standard InChI is InChI=1S/C4H7FO3/c5-3(6)1-2-4(7)8/h3,6H,1-2H2,(H,7,8). The summed E-state index contributed by atoms with van der Waals surface area (Å²) in [7, 11) is 0. The molecule has 2 N–H and O–H groups in total. The average molecular weight is 122 g/mol. The Bertz CT molecular complexity index is 81.4. The maximum atomic E-state index is 11.4. The Morgan fingerprint density at radius 3 is 2.38 bits per heavy atom. The Labute approximate surface area is 45.7 Å². The first-order valence-electron chi connectivity index (χ1n) is 2.17. The summed E-state index contributed by atoms with van der Waals surface area (Å²) in [6.45, 7) is 0. The zero-order chi connectivity index (χ0) is 6.57. The summed E-state index contributed by atoms with van der Waals surface area (Å²) in [4.78, 5) is 9.63. The summed E-state index contributed by atoms with van der Waals surface area (Å²) in [5.41, 5.74) is 0. The molecule has 0 heterocycles. The van der Waals surface area contributed by atoms with Gasteiger partial charge in [0, 0.05) is 6.42 Å². The van der Waals surface area contributed by atoms with Crippen molar-refractivity contribution in [1.29, 1.82) is 0 Å². The Morgan fingerprint density at radius 1 is 1.75 bits per heavy atom. The van der Waals surface area contributed by atoms with Gasteiger partial charge in [0.15, 0.2) is 6.36 Å². The predicted molar refractivity (Wildman–Crippen MR) is 24.0 cm³/mol. The second-order valence-corrected chi connectivity index (χ2v) is 1.37. The van der Waals surface area contributed by atoms with Crippen LogP contribution in [0.1, 0.15) is 12.8 Å². The number of hydrogen-bond donors (Lipinski definition) is 2. The van der Waals surface area contributed by atoms with Gasteiger partial charge in [-0.2, -0.15) is 0 Å². The zero-order valence-corrected chi connectivity index (χ0v) is 4.17. The quantitative estimate of drug-likeness (QED) is 0.559. The lowest BCUT2D eigenvalue weighted by Gasteiger charge is -1.93. The lowest BCUT2D eigenvalue weighted by Crippen LogP contribution is -2.02. The number of aliphatic carboxylic acids is 1. The van der Waals surface area contributed by atoms with Gasteiger partial charge in [-0.15, -0.1) is 0 Å². The molecule has 48 valence electrons. The number of halogens is 1. The molecule has 1 unspecified atom stereocenters. The highest BCUT2D eigenvalue weighted by atomic mass is 19.1. The van der Waals surface area contributed by atoms with Crippen LogP contribution in [-0.2, 0) is 4.79 Å². The monoisotopic (exact) mass is 122 g/mol. The summed E-state index contributed by atoms with van der Waals surface area (Å²) in [5, 5.41) is 15.8. The first-order chi connectivity index (χ1) is 3.63. The maximum Gasteiger partial charge on any atom is 0.303 e. The molecule has 8 heavy (non-hydrogen) atoms. The molecule has 4 heteroatoms. The molecule has 3 nitrogen and oxygen atoms in total. The van der Waals surface area contributed by atoms with Gasteiger partial charge in [0.25, 0.3) is 0 Å². The SMILES string of the molecule is O=C(O)CCC(O)F. The van der Waals surface area contributed by atoms with Crippen LogP contribution in [0.2, 0.25) is 0 Å². The summed E-state index contributed by atoms with van der Waals surface area (Å²) < 4.78 is 11.4. The van der Waals surface area contributed by atoms with Crippen molar-refractivity contribution in [2.75, 3.05) is 0 Å². The van der Waals surface area contributed by atoms with Crippen molar-refractivity contribution >= 4 is 5.97 Å². The molecule has 0 aromatic heterocycles. The Kier molecular flexibility index (Phi) is 3.10. The van der Waals surface area contributed by atoms with Crippen LogP contribution in [0.5, 0.6) is 0 Å². The summed E-state index contributed by atoms with van der Waals surface area (Å²) in [6, 6.07) is 0. The molecular weight excluding hydrogens is 115 g/mol. The van der Waals surface area contributed by atoms with E-state index in [4.69, 9.17) is 10.2 Å². The van der Waals surface area contributed by atoms with E-state index in [9.17, 15) is 9.18 Å². The molecule has 0 radical (unpaired) electrons. The molecule has 0 aromatic carbocycles. The number of rotatable bonds is 3. The largest absolute Gasteiger partial charge is 0.481 e. The number of carboxylic acid groups (broad SMARTS) is 1. The third-order valence-electron chi connectivity index (χ3n) is 0.596. The molecule has 0 aliphatic rings. The Hall–Kier alpha value is -0.640. The van der Waals surface area contributed by atoms with E-state index in [1.165, 1.54) is 0 Å². The molecule has 0 bridgehead atoms. The molecule has 0 aliphatic carbocycles. The first kappa shape index (κ1) is 7.36. The maximum absolute atomic E-state index is 11.4. The fourth-order valence-electron chi connectivity index (χ4n) is 0.243. The molecule has 0 aromatic rings. The molecule has 0 saturated carbocycles. The van der Waals surface area contributed by atoms with Gasteiger partial charge in [-0.25, -0.2) is 4.39 Å². The highest BCUT2D eigenvalue weighted by Crippen LogP contribution is 1.96. The third kappa shape index (κ3) is 5.36. The smallest absolute Gasteiger partial charge is 0.303 e. The van der Waals surface area contributed by atoms with Crippen LogP contribution in [-0.4, -0.2) is 22.5 Å². The van der Waals surface area contributed by atoms with Crippen LogP contribution in [0, 0.1) is 0 Å². The molecule has 1 atom stereocenters. The molecule has 0 spiro atoms. The van der Waals surface area contributed by atoms with Crippen molar-refractivity contribution in [2.45, 2.75) is 19.2 Å².